The van der Waals surface area contributed by atoms with E-state index in [1.165, 1.54) is 0 Å². The summed E-state index contributed by atoms with van der Waals surface area (Å²) in [5, 5.41) is 29.4. The number of carboxylic acid groups (broad SMARTS) is 1. The number of benzene rings is 1. The van der Waals surface area contributed by atoms with Gasteiger partial charge in [0.1, 0.15) is 5.78 Å². The number of aliphatic hydroxyl groups is 2. The van der Waals surface area contributed by atoms with Gasteiger partial charge in [0, 0.05) is 25.2 Å². The number of halogens is 1. The first-order chi connectivity index (χ1) is 14.4. The highest BCUT2D eigenvalue weighted by Gasteiger charge is 2.40. The predicted octanol–water partition coefficient (Wildman–Crippen LogP) is 3.87. The normalized spacial score (nSPS) is 22.4. The molecule has 0 aromatic heterocycles. The molecular formula is C24H35FO5. The monoisotopic (exact) mass is 422 g/mol. The Bertz CT molecular complexity index is 677. The van der Waals surface area contributed by atoms with Gasteiger partial charge in [0.15, 0.2) is 0 Å². The molecule has 0 unspecified atom stereocenters. The highest BCUT2D eigenvalue weighted by Crippen LogP contribution is 2.36. The molecular weight excluding hydrogens is 387 g/mol. The third-order valence-electron chi connectivity index (χ3n) is 6.17. The number of carbonyl (C=O) groups is 2. The third-order valence-corrected chi connectivity index (χ3v) is 6.17. The van der Waals surface area contributed by atoms with E-state index < -0.39 is 24.9 Å². The standard InChI is InChI=1S/C24H35FO5/c25-13-12-17-6-5-7-18(14-17)15-19(26)10-11-21-20(22(27)16-23(21)28)8-3-1-2-4-9-24(29)30/h5-7,14,19-21,23,26,28H,1-4,8-13,15-16H2,(H,29,30)/t19-,20+,21+,23+/m0/s1. The second-order valence-corrected chi connectivity index (χ2v) is 8.55. The molecule has 0 heterocycles. The van der Waals surface area contributed by atoms with Gasteiger partial charge in [-0.3, -0.25) is 14.0 Å². The zero-order chi connectivity index (χ0) is 21.9. The molecule has 5 nitrogen and oxygen atoms in total. The van der Waals surface area contributed by atoms with Crippen molar-refractivity contribution >= 4 is 11.8 Å². The molecule has 1 saturated carbocycles. The van der Waals surface area contributed by atoms with E-state index in [9.17, 15) is 24.2 Å². The van der Waals surface area contributed by atoms with Gasteiger partial charge in [-0.2, -0.15) is 0 Å². The lowest BCUT2D eigenvalue weighted by atomic mass is 9.85. The van der Waals surface area contributed by atoms with Gasteiger partial charge in [-0.05, 0) is 49.1 Å². The second kappa shape index (κ2) is 12.8. The van der Waals surface area contributed by atoms with Crippen LogP contribution in [-0.4, -0.2) is 46.0 Å². The first-order valence-electron chi connectivity index (χ1n) is 11.1. The zero-order valence-corrected chi connectivity index (χ0v) is 17.6. The fraction of sp³-hybridized carbons (Fsp3) is 0.667. The van der Waals surface area contributed by atoms with Crippen LogP contribution in [0.25, 0.3) is 0 Å². The minimum Gasteiger partial charge on any atom is -0.481 e. The van der Waals surface area contributed by atoms with Crippen LogP contribution >= 0.6 is 0 Å². The van der Waals surface area contributed by atoms with Gasteiger partial charge in [0.05, 0.1) is 18.9 Å². The average Bonchev–Trinajstić information content (AvgIpc) is 2.95. The Balaban J connectivity index is 1.77. The molecule has 1 aromatic carbocycles. The van der Waals surface area contributed by atoms with Crippen molar-refractivity contribution in [3.05, 3.63) is 35.4 Å². The topological polar surface area (TPSA) is 94.8 Å². The van der Waals surface area contributed by atoms with Crippen molar-refractivity contribution in [1.82, 2.24) is 0 Å². The number of unbranched alkanes of at least 4 members (excludes halogenated alkanes) is 3. The number of carbonyl (C=O) groups excluding carboxylic acids is 1. The molecule has 0 bridgehead atoms. The molecule has 0 spiro atoms. The highest BCUT2D eigenvalue weighted by atomic mass is 19.1. The molecule has 168 valence electrons. The molecule has 4 atom stereocenters. The number of alkyl halides is 1. The number of carboxylic acids is 1. The molecule has 1 aliphatic carbocycles. The zero-order valence-electron chi connectivity index (χ0n) is 17.6. The largest absolute Gasteiger partial charge is 0.481 e. The number of aliphatic hydroxyl groups excluding tert-OH is 2. The first-order valence-corrected chi connectivity index (χ1v) is 11.1. The summed E-state index contributed by atoms with van der Waals surface area (Å²) in [5.74, 6) is -0.966. The Hall–Kier alpha value is -1.79. The molecule has 1 aromatic rings. The quantitative estimate of drug-likeness (QED) is 0.396. The van der Waals surface area contributed by atoms with Crippen LogP contribution in [0.15, 0.2) is 24.3 Å². The van der Waals surface area contributed by atoms with Crippen LogP contribution in [0.5, 0.6) is 0 Å². The van der Waals surface area contributed by atoms with Crippen LogP contribution in [0, 0.1) is 11.8 Å². The maximum absolute atomic E-state index is 12.5. The number of rotatable bonds is 14. The minimum absolute atomic E-state index is 0.103. The summed E-state index contributed by atoms with van der Waals surface area (Å²) in [4.78, 5) is 22.9. The summed E-state index contributed by atoms with van der Waals surface area (Å²) in [6.45, 7) is -0.402. The maximum atomic E-state index is 12.5. The van der Waals surface area contributed by atoms with Gasteiger partial charge < -0.3 is 15.3 Å². The van der Waals surface area contributed by atoms with Gasteiger partial charge in [0.2, 0.25) is 0 Å². The maximum Gasteiger partial charge on any atom is 0.303 e. The SMILES string of the molecule is O=C(O)CCCCCC[C@H]1C(=O)C[C@@H](O)[C@@H]1CC[C@H](O)Cc1cccc(CCF)c1. The van der Waals surface area contributed by atoms with Crippen LogP contribution in [-0.2, 0) is 22.4 Å². The number of hydrogen-bond acceptors (Lipinski definition) is 4. The molecule has 1 aliphatic rings. The smallest absolute Gasteiger partial charge is 0.303 e. The predicted molar refractivity (Wildman–Crippen MR) is 113 cm³/mol. The molecule has 2 rings (SSSR count). The summed E-state index contributed by atoms with van der Waals surface area (Å²) in [6, 6.07) is 7.59. The summed E-state index contributed by atoms with van der Waals surface area (Å²) in [6.07, 6.45) is 5.06. The van der Waals surface area contributed by atoms with Crippen molar-refractivity contribution in [3.63, 3.8) is 0 Å². The van der Waals surface area contributed by atoms with Crippen molar-refractivity contribution in [2.24, 2.45) is 11.8 Å². The summed E-state index contributed by atoms with van der Waals surface area (Å²) < 4.78 is 12.5. The van der Waals surface area contributed by atoms with Gasteiger partial charge in [-0.25, -0.2) is 0 Å². The Kier molecular flexibility index (Phi) is 10.4. The fourth-order valence-corrected chi connectivity index (χ4v) is 4.56. The summed E-state index contributed by atoms with van der Waals surface area (Å²) >= 11 is 0. The van der Waals surface area contributed by atoms with E-state index >= 15 is 0 Å². The lowest BCUT2D eigenvalue weighted by Gasteiger charge is -2.22. The number of Topliss-reactive ketones (excluding diaryl/α,β-unsaturated/α-hetero) is 1. The minimum atomic E-state index is -0.781. The van der Waals surface area contributed by atoms with Crippen molar-refractivity contribution in [2.45, 2.75) is 82.8 Å². The van der Waals surface area contributed by atoms with Crippen molar-refractivity contribution in [2.75, 3.05) is 6.67 Å². The van der Waals surface area contributed by atoms with Gasteiger partial charge >= 0.3 is 5.97 Å². The van der Waals surface area contributed by atoms with Gasteiger partial charge in [0.25, 0.3) is 0 Å². The highest BCUT2D eigenvalue weighted by molar-refractivity contribution is 5.84. The van der Waals surface area contributed by atoms with Crippen molar-refractivity contribution in [3.8, 4) is 0 Å². The van der Waals surface area contributed by atoms with E-state index in [2.05, 4.69) is 0 Å². The number of ketones is 1. The lowest BCUT2D eigenvalue weighted by Crippen LogP contribution is -2.23. The lowest BCUT2D eigenvalue weighted by molar-refractivity contribution is -0.137. The van der Waals surface area contributed by atoms with E-state index in [1.807, 2.05) is 24.3 Å². The Labute approximate surface area is 178 Å². The number of aliphatic carboxylic acids is 1. The Morgan fingerprint density at radius 1 is 1.13 bits per heavy atom. The fourth-order valence-electron chi connectivity index (χ4n) is 4.56. The molecule has 0 aliphatic heterocycles. The summed E-state index contributed by atoms with van der Waals surface area (Å²) in [5.41, 5.74) is 1.89. The van der Waals surface area contributed by atoms with Crippen molar-refractivity contribution < 1.29 is 29.3 Å². The van der Waals surface area contributed by atoms with E-state index in [0.29, 0.717) is 32.1 Å². The molecule has 0 saturated heterocycles. The number of hydrogen-bond donors (Lipinski definition) is 3. The second-order valence-electron chi connectivity index (χ2n) is 8.55. The molecule has 3 N–H and O–H groups in total. The molecule has 1 fully saturated rings. The summed E-state index contributed by atoms with van der Waals surface area (Å²) in [7, 11) is 0. The molecule has 0 radical (unpaired) electrons. The van der Waals surface area contributed by atoms with Gasteiger partial charge in [-0.1, -0.05) is 43.5 Å². The number of aryl methyl sites for hydroxylation is 1. The molecule has 30 heavy (non-hydrogen) atoms. The third kappa shape index (κ3) is 8.15. The first kappa shape index (κ1) is 24.5. The Morgan fingerprint density at radius 3 is 2.60 bits per heavy atom. The van der Waals surface area contributed by atoms with Gasteiger partial charge in [-0.15, -0.1) is 0 Å². The van der Waals surface area contributed by atoms with Crippen LogP contribution in [0.1, 0.15) is 68.9 Å². The van der Waals surface area contributed by atoms with Crippen molar-refractivity contribution in [1.29, 1.82) is 0 Å². The van der Waals surface area contributed by atoms with E-state index in [4.69, 9.17) is 5.11 Å². The van der Waals surface area contributed by atoms with E-state index in [-0.39, 0.29) is 30.5 Å². The van der Waals surface area contributed by atoms with Crippen LogP contribution < -0.4 is 0 Å². The average molecular weight is 423 g/mol. The molecule has 6 heteroatoms. The Morgan fingerprint density at radius 2 is 1.87 bits per heavy atom. The van der Waals surface area contributed by atoms with E-state index in [0.717, 1.165) is 36.8 Å². The van der Waals surface area contributed by atoms with Crippen LogP contribution in [0.3, 0.4) is 0 Å². The van der Waals surface area contributed by atoms with Crippen LogP contribution in [0.4, 0.5) is 4.39 Å². The molecule has 0 amide bonds. The van der Waals surface area contributed by atoms with Crippen LogP contribution in [0.2, 0.25) is 0 Å². The van der Waals surface area contributed by atoms with E-state index in [1.54, 1.807) is 0 Å².